The van der Waals surface area contributed by atoms with Gasteiger partial charge >= 0.3 is 0 Å². The average molecular weight is 320 g/mol. The van der Waals surface area contributed by atoms with Crippen LogP contribution in [-0.4, -0.2) is 22.7 Å². The Labute approximate surface area is 138 Å². The van der Waals surface area contributed by atoms with Crippen LogP contribution >= 0.6 is 0 Å². The van der Waals surface area contributed by atoms with E-state index in [-0.39, 0.29) is 17.1 Å². The fourth-order valence-electron chi connectivity index (χ4n) is 6.79. The topological polar surface area (TPSA) is 37.3 Å². The first kappa shape index (κ1) is 15.8. The van der Waals surface area contributed by atoms with Crippen molar-refractivity contribution in [3.63, 3.8) is 0 Å². The Kier molecular flexibility index (Phi) is 3.37. The second-order valence-electron chi connectivity index (χ2n) is 9.17. The van der Waals surface area contributed by atoms with Crippen molar-refractivity contribution in [3.8, 4) is 0 Å². The van der Waals surface area contributed by atoms with Crippen molar-refractivity contribution < 1.29 is 14.3 Å². The van der Waals surface area contributed by atoms with Gasteiger partial charge in [-0.1, -0.05) is 19.4 Å². The summed E-state index contributed by atoms with van der Waals surface area (Å²) in [6.07, 6.45) is 5.96. The van der Waals surface area contributed by atoms with Crippen molar-refractivity contribution in [2.75, 3.05) is 0 Å². The summed E-state index contributed by atoms with van der Waals surface area (Å²) in [4.78, 5) is 11.8. The van der Waals surface area contributed by atoms with Crippen molar-refractivity contribution in [2.45, 2.75) is 71.1 Å². The monoisotopic (exact) mass is 320 g/mol. The van der Waals surface area contributed by atoms with Gasteiger partial charge in [0.1, 0.15) is 6.17 Å². The summed E-state index contributed by atoms with van der Waals surface area (Å²) < 4.78 is 14.6. The predicted octanol–water partition coefficient (Wildman–Crippen LogP) is 4.07. The third kappa shape index (κ3) is 1.98. The summed E-state index contributed by atoms with van der Waals surface area (Å²) in [6, 6.07) is 0. The molecule has 0 aromatic rings. The molecule has 0 aromatic heterocycles. The number of allylic oxidation sites excluding steroid dienone is 1. The van der Waals surface area contributed by atoms with Gasteiger partial charge in [0, 0.05) is 11.8 Å². The maximum Gasteiger partial charge on any atom is 0.155 e. The molecule has 0 aliphatic heterocycles. The van der Waals surface area contributed by atoms with Crippen LogP contribution in [0.4, 0.5) is 4.39 Å². The lowest BCUT2D eigenvalue weighted by atomic mass is 9.48. The van der Waals surface area contributed by atoms with Crippen LogP contribution < -0.4 is 0 Å². The van der Waals surface area contributed by atoms with Gasteiger partial charge in [0.15, 0.2) is 5.78 Å². The number of carbonyl (C=O) groups is 1. The number of rotatable bonds is 0. The first-order chi connectivity index (χ1) is 10.8. The molecule has 0 heterocycles. The largest absolute Gasteiger partial charge is 0.387 e. The van der Waals surface area contributed by atoms with Gasteiger partial charge in [0.05, 0.1) is 5.60 Å². The molecule has 0 amide bonds. The molecule has 4 aliphatic rings. The van der Waals surface area contributed by atoms with Gasteiger partial charge in [0.25, 0.3) is 0 Å². The highest BCUT2D eigenvalue weighted by Gasteiger charge is 2.65. The third-order valence-corrected chi connectivity index (χ3v) is 8.26. The van der Waals surface area contributed by atoms with E-state index in [1.165, 1.54) is 5.57 Å². The lowest BCUT2D eigenvalue weighted by Gasteiger charge is -2.57. The first-order valence-corrected chi connectivity index (χ1v) is 9.35. The Bertz CT molecular complexity index is 566. The van der Waals surface area contributed by atoms with E-state index >= 15 is 0 Å². The van der Waals surface area contributed by atoms with Gasteiger partial charge in [-0.25, -0.2) is 4.39 Å². The van der Waals surface area contributed by atoms with E-state index in [1.54, 1.807) is 6.92 Å². The van der Waals surface area contributed by atoms with Crippen LogP contribution in [0, 0.1) is 35.0 Å². The normalized spacial score (nSPS) is 55.7. The van der Waals surface area contributed by atoms with Crippen LogP contribution in [0.25, 0.3) is 0 Å². The summed E-state index contributed by atoms with van der Waals surface area (Å²) in [5.41, 5.74) is -0.130. The van der Waals surface area contributed by atoms with Crippen molar-refractivity contribution in [1.82, 2.24) is 0 Å². The number of halogens is 1. The van der Waals surface area contributed by atoms with E-state index in [0.717, 1.165) is 25.7 Å². The SMILES string of the molecule is C[C@@H]1CC2=CC(=O)CC[C@@H]2C2CC[C@@]3(C)C(C[C@@H](F)[C@]3(C)O)C21. The molecule has 1 N–H and O–H groups in total. The van der Waals surface area contributed by atoms with Crippen LogP contribution in [0.15, 0.2) is 11.6 Å². The summed E-state index contributed by atoms with van der Waals surface area (Å²) in [5, 5.41) is 10.8. The number of alkyl halides is 1. The zero-order chi connectivity index (χ0) is 16.6. The minimum atomic E-state index is -1.19. The molecule has 4 rings (SSSR count). The lowest BCUT2D eigenvalue weighted by molar-refractivity contribution is -0.132. The first-order valence-electron chi connectivity index (χ1n) is 9.35. The highest BCUT2D eigenvalue weighted by molar-refractivity contribution is 5.91. The molecule has 0 spiro atoms. The molecule has 128 valence electrons. The molecule has 3 fully saturated rings. The average Bonchev–Trinajstić information content (AvgIpc) is 2.66. The van der Waals surface area contributed by atoms with Crippen molar-refractivity contribution >= 4 is 5.78 Å². The second kappa shape index (κ2) is 4.91. The minimum absolute atomic E-state index is 0.278. The minimum Gasteiger partial charge on any atom is -0.387 e. The fourth-order valence-corrected chi connectivity index (χ4v) is 6.79. The number of ketones is 1. The maximum atomic E-state index is 14.6. The predicted molar refractivity (Wildman–Crippen MR) is 87.5 cm³/mol. The molecule has 8 atom stereocenters. The summed E-state index contributed by atoms with van der Waals surface area (Å²) in [7, 11) is 0. The summed E-state index contributed by atoms with van der Waals surface area (Å²) in [6.45, 7) is 6.12. The fraction of sp³-hybridized carbons (Fsp3) is 0.850. The van der Waals surface area contributed by atoms with E-state index in [9.17, 15) is 14.3 Å². The number of hydrogen-bond acceptors (Lipinski definition) is 2. The van der Waals surface area contributed by atoms with Gasteiger partial charge in [-0.3, -0.25) is 4.79 Å². The quantitative estimate of drug-likeness (QED) is 0.730. The van der Waals surface area contributed by atoms with Gasteiger partial charge in [-0.05, 0) is 74.7 Å². The van der Waals surface area contributed by atoms with Crippen LogP contribution in [0.2, 0.25) is 0 Å². The second-order valence-corrected chi connectivity index (χ2v) is 9.17. The van der Waals surface area contributed by atoms with Crippen LogP contribution in [0.1, 0.15) is 59.3 Å². The van der Waals surface area contributed by atoms with E-state index in [2.05, 4.69) is 13.8 Å². The molecular formula is C20H29FO2. The maximum absolute atomic E-state index is 14.6. The van der Waals surface area contributed by atoms with Gasteiger partial charge < -0.3 is 5.11 Å². The molecule has 4 aliphatic carbocycles. The number of fused-ring (bicyclic) bond motifs is 5. The molecule has 2 nitrogen and oxygen atoms in total. The van der Waals surface area contributed by atoms with Crippen molar-refractivity contribution in [2.24, 2.45) is 35.0 Å². The van der Waals surface area contributed by atoms with Crippen molar-refractivity contribution in [1.29, 1.82) is 0 Å². The molecule has 23 heavy (non-hydrogen) atoms. The Morgan fingerprint density at radius 2 is 2.04 bits per heavy atom. The van der Waals surface area contributed by atoms with Crippen LogP contribution in [-0.2, 0) is 4.79 Å². The van der Waals surface area contributed by atoms with Crippen molar-refractivity contribution in [3.05, 3.63) is 11.6 Å². The van der Waals surface area contributed by atoms with Crippen LogP contribution in [0.5, 0.6) is 0 Å². The Morgan fingerprint density at radius 1 is 1.30 bits per heavy atom. The molecule has 3 unspecified atom stereocenters. The molecule has 0 bridgehead atoms. The molecule has 0 radical (unpaired) electrons. The molecular weight excluding hydrogens is 291 g/mol. The van der Waals surface area contributed by atoms with E-state index in [0.29, 0.717) is 36.5 Å². The Morgan fingerprint density at radius 3 is 2.78 bits per heavy atom. The third-order valence-electron chi connectivity index (χ3n) is 8.26. The zero-order valence-corrected chi connectivity index (χ0v) is 14.5. The Balaban J connectivity index is 1.71. The molecule has 3 heteroatoms. The highest BCUT2D eigenvalue weighted by atomic mass is 19.1. The van der Waals surface area contributed by atoms with Crippen LogP contribution in [0.3, 0.4) is 0 Å². The smallest absolute Gasteiger partial charge is 0.155 e. The van der Waals surface area contributed by atoms with E-state index in [4.69, 9.17) is 0 Å². The summed E-state index contributed by atoms with van der Waals surface area (Å²) in [5.74, 6) is 2.66. The molecule has 3 saturated carbocycles. The lowest BCUT2D eigenvalue weighted by Crippen LogP contribution is -2.54. The number of carbonyl (C=O) groups excluding carboxylic acids is 1. The Hall–Kier alpha value is -0.700. The van der Waals surface area contributed by atoms with E-state index in [1.807, 2.05) is 6.08 Å². The van der Waals surface area contributed by atoms with Gasteiger partial charge in [-0.15, -0.1) is 0 Å². The highest BCUT2D eigenvalue weighted by Crippen LogP contribution is 2.66. The number of hydrogen-bond donors (Lipinski definition) is 1. The summed E-state index contributed by atoms with van der Waals surface area (Å²) >= 11 is 0. The van der Waals surface area contributed by atoms with E-state index < -0.39 is 11.8 Å². The molecule has 0 aromatic carbocycles. The standard InChI is InChI=1S/C20H29FO2/c1-11-8-12-9-13(22)4-5-14(12)15-6-7-19(2)16(18(11)15)10-17(21)20(19,3)23/h9,11,14-18,23H,4-8,10H2,1-3H3/t11-,14+,15?,16?,17-,18?,19+,20+/m1/s1. The molecule has 0 saturated heterocycles. The van der Waals surface area contributed by atoms with Gasteiger partial charge in [-0.2, -0.15) is 0 Å². The zero-order valence-electron chi connectivity index (χ0n) is 14.5. The number of aliphatic hydroxyl groups is 1. The van der Waals surface area contributed by atoms with Gasteiger partial charge in [0.2, 0.25) is 0 Å².